The van der Waals surface area contributed by atoms with Gasteiger partial charge in [-0.05, 0) is 47.2 Å². The molecule has 0 aliphatic rings. The fourth-order valence-electron chi connectivity index (χ4n) is 2.76. The summed E-state index contributed by atoms with van der Waals surface area (Å²) in [5.74, 6) is 8.62. The summed E-state index contributed by atoms with van der Waals surface area (Å²) in [5.41, 5.74) is 3.91. The first-order chi connectivity index (χ1) is 14.7. The van der Waals surface area contributed by atoms with Gasteiger partial charge in [0.25, 0.3) is 0 Å². The zero-order valence-electron chi connectivity index (χ0n) is 16.6. The van der Waals surface area contributed by atoms with Crippen molar-refractivity contribution in [3.63, 3.8) is 0 Å². The Labute approximate surface area is 183 Å². The summed E-state index contributed by atoms with van der Waals surface area (Å²) in [6.07, 6.45) is 2.07. The number of thioether (sulfide) groups is 1. The van der Waals surface area contributed by atoms with E-state index < -0.39 is 0 Å². The average Bonchev–Trinajstić information content (AvgIpc) is 3.43. The summed E-state index contributed by atoms with van der Waals surface area (Å²) in [5, 5.41) is 15.8. The predicted molar refractivity (Wildman–Crippen MR) is 121 cm³/mol. The standard InChI is InChI=1S/C22H19N5OS2/c1-28-20-9-6-17(7-10-20)13-27-25-22(24-26-27)18-5-3-4-16(12-18)8-11-21-23-19(14-29-2)15-30-21/h3-7,9-10,12,15H,13-14H2,1-2H3. The molecule has 0 atom stereocenters. The molecule has 150 valence electrons. The third-order valence-corrected chi connectivity index (χ3v) is 5.61. The van der Waals surface area contributed by atoms with Crippen molar-refractivity contribution in [2.45, 2.75) is 12.3 Å². The molecule has 0 fully saturated rings. The Bertz CT molecular complexity index is 1190. The highest BCUT2D eigenvalue weighted by Gasteiger charge is 2.07. The molecule has 0 aliphatic carbocycles. The second-order valence-electron chi connectivity index (χ2n) is 6.40. The molecule has 0 N–H and O–H groups in total. The summed E-state index contributed by atoms with van der Waals surface area (Å²) >= 11 is 3.33. The molecule has 0 saturated carbocycles. The predicted octanol–water partition coefficient (Wildman–Crippen LogP) is 4.12. The third-order valence-electron chi connectivity index (χ3n) is 4.21. The second-order valence-corrected chi connectivity index (χ2v) is 8.12. The number of ether oxygens (including phenoxy) is 1. The van der Waals surface area contributed by atoms with Gasteiger partial charge < -0.3 is 4.74 Å². The summed E-state index contributed by atoms with van der Waals surface area (Å²) in [4.78, 5) is 6.11. The monoisotopic (exact) mass is 433 g/mol. The normalized spacial score (nSPS) is 10.5. The zero-order chi connectivity index (χ0) is 20.8. The first kappa shape index (κ1) is 20.1. The topological polar surface area (TPSA) is 65.7 Å². The van der Waals surface area contributed by atoms with E-state index in [9.17, 15) is 0 Å². The molecule has 0 amide bonds. The highest BCUT2D eigenvalue weighted by Crippen LogP contribution is 2.17. The van der Waals surface area contributed by atoms with Gasteiger partial charge in [0.1, 0.15) is 5.75 Å². The maximum Gasteiger partial charge on any atom is 0.204 e. The van der Waals surface area contributed by atoms with Crippen molar-refractivity contribution in [3.05, 3.63) is 75.7 Å². The highest BCUT2D eigenvalue weighted by molar-refractivity contribution is 7.97. The van der Waals surface area contributed by atoms with Gasteiger partial charge >= 0.3 is 0 Å². The number of thiazole rings is 1. The van der Waals surface area contributed by atoms with E-state index >= 15 is 0 Å². The second kappa shape index (κ2) is 9.57. The molecule has 4 rings (SSSR count). The van der Waals surface area contributed by atoms with E-state index in [4.69, 9.17) is 4.74 Å². The molecule has 30 heavy (non-hydrogen) atoms. The van der Waals surface area contributed by atoms with Crippen molar-refractivity contribution in [2.24, 2.45) is 0 Å². The molecule has 6 nitrogen and oxygen atoms in total. The van der Waals surface area contributed by atoms with Crippen LogP contribution < -0.4 is 4.74 Å². The van der Waals surface area contributed by atoms with Crippen molar-refractivity contribution in [1.82, 2.24) is 25.2 Å². The van der Waals surface area contributed by atoms with Gasteiger partial charge in [0.2, 0.25) is 5.82 Å². The molecule has 0 bridgehead atoms. The van der Waals surface area contributed by atoms with E-state index in [0.29, 0.717) is 12.4 Å². The van der Waals surface area contributed by atoms with Gasteiger partial charge in [0.05, 0.1) is 19.3 Å². The third kappa shape index (κ3) is 5.06. The van der Waals surface area contributed by atoms with Crippen molar-refractivity contribution in [1.29, 1.82) is 0 Å². The number of benzene rings is 2. The number of tetrazole rings is 1. The minimum atomic E-state index is 0.541. The molecule has 2 heterocycles. The van der Waals surface area contributed by atoms with Crippen molar-refractivity contribution in [2.75, 3.05) is 13.4 Å². The van der Waals surface area contributed by atoms with Crippen molar-refractivity contribution in [3.8, 4) is 29.0 Å². The lowest BCUT2D eigenvalue weighted by Gasteiger charge is -2.02. The van der Waals surface area contributed by atoms with E-state index in [2.05, 4.69) is 43.9 Å². The van der Waals surface area contributed by atoms with Crippen LogP contribution in [0.3, 0.4) is 0 Å². The van der Waals surface area contributed by atoms with Gasteiger partial charge in [-0.15, -0.1) is 21.5 Å². The Hall–Kier alpha value is -3.15. The van der Waals surface area contributed by atoms with Gasteiger partial charge in [-0.1, -0.05) is 30.2 Å². The fourth-order valence-corrected chi connectivity index (χ4v) is 3.97. The number of hydrogen-bond acceptors (Lipinski definition) is 7. The van der Waals surface area contributed by atoms with Gasteiger partial charge in [-0.2, -0.15) is 16.6 Å². The van der Waals surface area contributed by atoms with Crippen LogP contribution in [0.2, 0.25) is 0 Å². The maximum atomic E-state index is 5.19. The van der Waals surface area contributed by atoms with Gasteiger partial charge in [-0.25, -0.2) is 4.98 Å². The SMILES string of the molecule is COc1ccc(Cn2nnc(-c3cccc(C#Cc4nc(CSC)cs4)c3)n2)cc1. The van der Waals surface area contributed by atoms with Crippen LogP contribution in [0.1, 0.15) is 21.8 Å². The minimum Gasteiger partial charge on any atom is -0.497 e. The Kier molecular flexibility index (Phi) is 6.42. The molecule has 8 heteroatoms. The van der Waals surface area contributed by atoms with Crippen LogP contribution in [-0.4, -0.2) is 38.6 Å². The molecule has 2 aromatic heterocycles. The number of nitrogens with zero attached hydrogens (tertiary/aromatic N) is 5. The molecule has 0 spiro atoms. The number of methoxy groups -OCH3 is 1. The summed E-state index contributed by atoms with van der Waals surface area (Å²) in [6, 6.07) is 15.7. The summed E-state index contributed by atoms with van der Waals surface area (Å²) < 4.78 is 5.19. The van der Waals surface area contributed by atoms with Crippen LogP contribution in [-0.2, 0) is 12.3 Å². The van der Waals surface area contributed by atoms with Gasteiger partial charge in [-0.3, -0.25) is 0 Å². The van der Waals surface area contributed by atoms with E-state index in [1.54, 1.807) is 35.0 Å². The molecular weight excluding hydrogens is 414 g/mol. The van der Waals surface area contributed by atoms with Crippen LogP contribution >= 0.6 is 23.1 Å². The van der Waals surface area contributed by atoms with E-state index in [1.165, 1.54) is 0 Å². The Morgan fingerprint density at radius 3 is 2.80 bits per heavy atom. The first-order valence-corrected chi connectivity index (χ1v) is 11.5. The molecular formula is C22H19N5OS2. The lowest BCUT2D eigenvalue weighted by atomic mass is 10.1. The van der Waals surface area contributed by atoms with Crippen LogP contribution in [0.4, 0.5) is 0 Å². The first-order valence-electron chi connectivity index (χ1n) is 9.20. The fraction of sp³-hybridized carbons (Fsp3) is 0.182. The lowest BCUT2D eigenvalue weighted by Crippen LogP contribution is -2.04. The van der Waals surface area contributed by atoms with E-state index in [0.717, 1.165) is 38.9 Å². The van der Waals surface area contributed by atoms with Crippen LogP contribution in [0.5, 0.6) is 5.75 Å². The Morgan fingerprint density at radius 2 is 2.00 bits per heavy atom. The number of hydrogen-bond donors (Lipinski definition) is 0. The van der Waals surface area contributed by atoms with Crippen LogP contribution in [0.25, 0.3) is 11.4 Å². The average molecular weight is 434 g/mol. The van der Waals surface area contributed by atoms with Gasteiger partial charge in [0, 0.05) is 22.3 Å². The summed E-state index contributed by atoms with van der Waals surface area (Å²) in [6.45, 7) is 0.541. The summed E-state index contributed by atoms with van der Waals surface area (Å²) in [7, 11) is 1.65. The van der Waals surface area contributed by atoms with Gasteiger partial charge in [0.15, 0.2) is 5.01 Å². The minimum absolute atomic E-state index is 0.541. The van der Waals surface area contributed by atoms with E-state index in [-0.39, 0.29) is 0 Å². The Balaban J connectivity index is 1.48. The van der Waals surface area contributed by atoms with Crippen LogP contribution in [0, 0.1) is 11.8 Å². The van der Waals surface area contributed by atoms with E-state index in [1.807, 2.05) is 48.5 Å². The maximum absolute atomic E-state index is 5.19. The molecule has 0 radical (unpaired) electrons. The molecule has 4 aromatic rings. The molecule has 0 saturated heterocycles. The molecule has 0 aliphatic heterocycles. The lowest BCUT2D eigenvalue weighted by molar-refractivity contribution is 0.414. The number of rotatable bonds is 6. The quantitative estimate of drug-likeness (QED) is 0.426. The van der Waals surface area contributed by atoms with Crippen molar-refractivity contribution < 1.29 is 4.74 Å². The number of aromatic nitrogens is 5. The largest absolute Gasteiger partial charge is 0.497 e. The molecule has 0 unspecified atom stereocenters. The van der Waals surface area contributed by atoms with Crippen molar-refractivity contribution >= 4 is 23.1 Å². The van der Waals surface area contributed by atoms with Crippen LogP contribution in [0.15, 0.2) is 53.9 Å². The zero-order valence-corrected chi connectivity index (χ0v) is 18.2. The molecule has 2 aromatic carbocycles. The smallest absolute Gasteiger partial charge is 0.204 e. The Morgan fingerprint density at radius 1 is 1.13 bits per heavy atom. The highest BCUT2D eigenvalue weighted by atomic mass is 32.2.